The van der Waals surface area contributed by atoms with Crippen molar-refractivity contribution in [1.82, 2.24) is 9.29 Å². The second-order valence-electron chi connectivity index (χ2n) is 4.01. The summed E-state index contributed by atoms with van der Waals surface area (Å²) < 4.78 is 43.8. The van der Waals surface area contributed by atoms with Crippen LogP contribution in [0, 0.1) is 11.2 Å². The zero-order valence-electron chi connectivity index (χ0n) is 11.0. The van der Waals surface area contributed by atoms with Gasteiger partial charge in [-0.25, -0.2) is 12.8 Å². The van der Waals surface area contributed by atoms with E-state index in [0.717, 1.165) is 22.8 Å². The van der Waals surface area contributed by atoms with Crippen LogP contribution in [0.4, 0.5) is 4.39 Å². The van der Waals surface area contributed by atoms with E-state index in [9.17, 15) is 12.8 Å². The molecule has 1 rings (SSSR count). The monoisotopic (exact) mass is 304 g/mol. The maximum absolute atomic E-state index is 13.1. The average molecular weight is 304 g/mol. The Balaban J connectivity index is 3.00. The van der Waals surface area contributed by atoms with Crippen LogP contribution in [-0.4, -0.2) is 50.3 Å². The van der Waals surface area contributed by atoms with Gasteiger partial charge in [-0.3, -0.25) is 10.4 Å². The standard InChI is InChI=1S/C11H17FN4O3S/c1-19-5-4-16(3-2-11(13)14)20(17,18)10-6-9(12)7-15-8-10/h6-8H,2-5H2,1H3,(H3,13,14). The fourth-order valence-electron chi connectivity index (χ4n) is 1.47. The fraction of sp³-hybridized carbons (Fsp3) is 0.455. The lowest BCUT2D eigenvalue weighted by Gasteiger charge is -2.21. The molecule has 3 N–H and O–H groups in total. The predicted octanol–water partition coefficient (Wildman–Crippen LogP) is 0.184. The molecular formula is C11H17FN4O3S. The van der Waals surface area contributed by atoms with E-state index >= 15 is 0 Å². The van der Waals surface area contributed by atoms with Gasteiger partial charge in [-0.1, -0.05) is 0 Å². The van der Waals surface area contributed by atoms with E-state index in [1.54, 1.807) is 0 Å². The number of methoxy groups -OCH3 is 1. The minimum absolute atomic E-state index is 0.0253. The highest BCUT2D eigenvalue weighted by Gasteiger charge is 2.24. The molecule has 0 spiro atoms. The van der Waals surface area contributed by atoms with E-state index in [1.807, 2.05) is 0 Å². The van der Waals surface area contributed by atoms with Crippen LogP contribution in [0.3, 0.4) is 0 Å². The summed E-state index contributed by atoms with van der Waals surface area (Å²) in [5.74, 6) is -0.857. The third kappa shape index (κ3) is 4.51. The number of sulfonamides is 1. The number of rotatable bonds is 8. The Kier molecular flexibility index (Phi) is 5.99. The van der Waals surface area contributed by atoms with Crippen molar-refractivity contribution in [2.45, 2.75) is 11.3 Å². The molecule has 0 aliphatic rings. The van der Waals surface area contributed by atoms with Gasteiger partial charge in [0.05, 0.1) is 18.6 Å². The van der Waals surface area contributed by atoms with Gasteiger partial charge in [0.2, 0.25) is 10.0 Å². The van der Waals surface area contributed by atoms with Gasteiger partial charge < -0.3 is 10.5 Å². The van der Waals surface area contributed by atoms with Gasteiger partial charge in [0.15, 0.2) is 0 Å². The van der Waals surface area contributed by atoms with Crippen molar-refractivity contribution in [3.63, 3.8) is 0 Å². The summed E-state index contributed by atoms with van der Waals surface area (Å²) in [5.41, 5.74) is 5.23. The summed E-state index contributed by atoms with van der Waals surface area (Å²) in [6, 6.07) is 0.899. The minimum atomic E-state index is -3.89. The average Bonchev–Trinajstić information content (AvgIpc) is 2.38. The summed E-state index contributed by atoms with van der Waals surface area (Å²) in [6.07, 6.45) is 2.09. The van der Waals surface area contributed by atoms with Gasteiger partial charge in [-0.2, -0.15) is 4.31 Å². The molecule has 0 radical (unpaired) electrons. The Morgan fingerprint density at radius 1 is 1.50 bits per heavy atom. The number of hydrogen-bond acceptors (Lipinski definition) is 5. The molecule has 0 saturated heterocycles. The number of hydrogen-bond donors (Lipinski definition) is 2. The highest BCUT2D eigenvalue weighted by atomic mass is 32.2. The molecular weight excluding hydrogens is 287 g/mol. The van der Waals surface area contributed by atoms with Crippen molar-refractivity contribution in [2.24, 2.45) is 5.73 Å². The first-order valence-electron chi connectivity index (χ1n) is 5.80. The van der Waals surface area contributed by atoms with Crippen molar-refractivity contribution in [2.75, 3.05) is 26.8 Å². The lowest BCUT2D eigenvalue weighted by atomic mass is 10.4. The summed E-state index contributed by atoms with van der Waals surface area (Å²) >= 11 is 0. The first-order valence-corrected chi connectivity index (χ1v) is 7.24. The second kappa shape index (κ2) is 7.27. The van der Waals surface area contributed by atoms with Crippen LogP contribution in [0.15, 0.2) is 23.4 Å². The smallest absolute Gasteiger partial charge is 0.244 e. The van der Waals surface area contributed by atoms with Crippen LogP contribution < -0.4 is 5.73 Å². The SMILES string of the molecule is COCCN(CCC(=N)N)S(=O)(=O)c1cncc(F)c1. The topological polar surface area (TPSA) is 109 Å². The van der Waals surface area contributed by atoms with E-state index in [1.165, 1.54) is 7.11 Å². The maximum Gasteiger partial charge on any atom is 0.244 e. The molecule has 1 aromatic rings. The molecule has 0 aliphatic carbocycles. The quantitative estimate of drug-likeness (QED) is 0.526. The molecule has 20 heavy (non-hydrogen) atoms. The first-order chi connectivity index (χ1) is 9.37. The zero-order chi connectivity index (χ0) is 15.2. The highest BCUT2D eigenvalue weighted by Crippen LogP contribution is 2.15. The predicted molar refractivity (Wildman–Crippen MR) is 71.4 cm³/mol. The number of aromatic nitrogens is 1. The minimum Gasteiger partial charge on any atom is -0.388 e. The number of ether oxygens (including phenoxy) is 1. The van der Waals surface area contributed by atoms with E-state index in [4.69, 9.17) is 15.9 Å². The summed E-state index contributed by atoms with van der Waals surface area (Å²) in [5, 5.41) is 7.16. The van der Waals surface area contributed by atoms with Crippen LogP contribution in [0.25, 0.3) is 0 Å². The van der Waals surface area contributed by atoms with Crippen LogP contribution in [-0.2, 0) is 14.8 Å². The van der Waals surface area contributed by atoms with Gasteiger partial charge in [0.25, 0.3) is 0 Å². The highest BCUT2D eigenvalue weighted by molar-refractivity contribution is 7.89. The van der Waals surface area contributed by atoms with Gasteiger partial charge in [-0.05, 0) is 6.07 Å². The zero-order valence-corrected chi connectivity index (χ0v) is 11.9. The number of halogens is 1. The van der Waals surface area contributed by atoms with Crippen molar-refractivity contribution in [3.05, 3.63) is 24.3 Å². The first kappa shape index (κ1) is 16.5. The van der Waals surface area contributed by atoms with Gasteiger partial charge in [0.1, 0.15) is 10.7 Å². The molecule has 112 valence electrons. The molecule has 0 saturated carbocycles. The Bertz CT molecular complexity index is 565. The molecule has 0 bridgehead atoms. The number of nitrogens with zero attached hydrogens (tertiary/aromatic N) is 2. The van der Waals surface area contributed by atoms with Crippen LogP contribution in [0.2, 0.25) is 0 Å². The Hall–Kier alpha value is -1.58. The van der Waals surface area contributed by atoms with Crippen molar-refractivity contribution < 1.29 is 17.5 Å². The van der Waals surface area contributed by atoms with Crippen LogP contribution in [0.1, 0.15) is 6.42 Å². The summed E-state index contributed by atoms with van der Waals surface area (Å²) in [7, 11) is -2.45. The maximum atomic E-state index is 13.1. The summed E-state index contributed by atoms with van der Waals surface area (Å²) in [4.78, 5) is 3.29. The third-order valence-electron chi connectivity index (χ3n) is 2.49. The molecule has 1 heterocycles. The number of pyridine rings is 1. The third-order valence-corrected chi connectivity index (χ3v) is 4.36. The van der Waals surface area contributed by atoms with Gasteiger partial charge in [-0.15, -0.1) is 0 Å². The van der Waals surface area contributed by atoms with Crippen LogP contribution in [0.5, 0.6) is 0 Å². The van der Waals surface area contributed by atoms with E-state index in [2.05, 4.69) is 4.98 Å². The largest absolute Gasteiger partial charge is 0.388 e. The number of nitrogens with one attached hydrogen (secondary N) is 1. The number of amidine groups is 1. The molecule has 7 nitrogen and oxygen atoms in total. The molecule has 1 aromatic heterocycles. The van der Waals surface area contributed by atoms with E-state index in [0.29, 0.717) is 0 Å². The van der Waals surface area contributed by atoms with Gasteiger partial charge in [0, 0.05) is 32.8 Å². The molecule has 0 aromatic carbocycles. The summed E-state index contributed by atoms with van der Waals surface area (Å²) in [6.45, 7) is 0.292. The molecule has 0 aliphatic heterocycles. The Morgan fingerprint density at radius 2 is 2.20 bits per heavy atom. The second-order valence-corrected chi connectivity index (χ2v) is 5.95. The normalized spacial score (nSPS) is 11.8. The molecule has 0 amide bonds. The van der Waals surface area contributed by atoms with E-state index < -0.39 is 15.8 Å². The molecule has 0 unspecified atom stereocenters. The lowest BCUT2D eigenvalue weighted by Crippen LogP contribution is -2.36. The van der Waals surface area contributed by atoms with E-state index in [-0.39, 0.29) is 36.8 Å². The molecule has 0 fully saturated rings. The molecule has 9 heteroatoms. The Morgan fingerprint density at radius 3 is 2.75 bits per heavy atom. The van der Waals surface area contributed by atoms with Crippen LogP contribution >= 0.6 is 0 Å². The van der Waals surface area contributed by atoms with Gasteiger partial charge >= 0.3 is 0 Å². The molecule has 0 atom stereocenters. The fourth-order valence-corrected chi connectivity index (χ4v) is 2.87. The number of nitrogens with two attached hydrogens (primary N) is 1. The Labute approximate surface area is 117 Å². The van der Waals surface area contributed by atoms with Crippen molar-refractivity contribution in [1.29, 1.82) is 5.41 Å². The van der Waals surface area contributed by atoms with Crippen molar-refractivity contribution >= 4 is 15.9 Å². The van der Waals surface area contributed by atoms with Crippen molar-refractivity contribution in [3.8, 4) is 0 Å². The lowest BCUT2D eigenvalue weighted by molar-refractivity contribution is 0.179.